The van der Waals surface area contributed by atoms with Crippen molar-refractivity contribution in [1.29, 1.82) is 0 Å². The molecule has 0 spiro atoms. The van der Waals surface area contributed by atoms with Gasteiger partial charge in [-0.3, -0.25) is 0 Å². The third-order valence-corrected chi connectivity index (χ3v) is 2.67. The Morgan fingerprint density at radius 1 is 1.50 bits per heavy atom. The van der Waals surface area contributed by atoms with Crippen molar-refractivity contribution in [1.82, 2.24) is 25.5 Å². The Morgan fingerprint density at radius 3 is 3.00 bits per heavy atom. The number of piperidine rings is 1. The van der Waals surface area contributed by atoms with Gasteiger partial charge in [-0.2, -0.15) is 0 Å². The number of hydrogen-bond donors (Lipinski definition) is 1. The lowest BCUT2D eigenvalue weighted by Crippen LogP contribution is -2.30. The van der Waals surface area contributed by atoms with Gasteiger partial charge in [-0.25, -0.2) is 4.68 Å². The van der Waals surface area contributed by atoms with Crippen LogP contribution in [-0.4, -0.2) is 33.3 Å². The summed E-state index contributed by atoms with van der Waals surface area (Å²) >= 11 is 0. The number of aromatic nitrogens is 4. The molecule has 14 heavy (non-hydrogen) atoms. The summed E-state index contributed by atoms with van der Waals surface area (Å²) in [5.41, 5.74) is 0. The molecule has 5 nitrogen and oxygen atoms in total. The van der Waals surface area contributed by atoms with Gasteiger partial charge in [0.1, 0.15) is 0 Å². The van der Waals surface area contributed by atoms with Gasteiger partial charge in [-0.15, -0.1) is 5.10 Å². The molecule has 1 unspecified atom stereocenters. The number of nitrogens with one attached hydrogen (secondary N) is 1. The maximum absolute atomic E-state index is 4.12. The molecule has 1 atom stereocenters. The van der Waals surface area contributed by atoms with Crippen LogP contribution in [0.25, 0.3) is 0 Å². The molecular formula is C9H17N5. The van der Waals surface area contributed by atoms with Crippen molar-refractivity contribution in [2.45, 2.75) is 38.6 Å². The second kappa shape index (κ2) is 4.04. The van der Waals surface area contributed by atoms with Crippen LogP contribution in [0.5, 0.6) is 0 Å². The lowest BCUT2D eigenvalue weighted by atomic mass is 9.99. The van der Waals surface area contributed by atoms with Crippen molar-refractivity contribution in [2.24, 2.45) is 0 Å². The Labute approximate surface area is 83.9 Å². The predicted octanol–water partition coefficient (Wildman–Crippen LogP) is 0.721. The molecule has 1 saturated heterocycles. The van der Waals surface area contributed by atoms with Gasteiger partial charge < -0.3 is 5.32 Å². The largest absolute Gasteiger partial charge is 0.316 e. The van der Waals surface area contributed by atoms with E-state index in [1.54, 1.807) is 0 Å². The quantitative estimate of drug-likeness (QED) is 0.755. The molecule has 1 N–H and O–H groups in total. The first-order valence-corrected chi connectivity index (χ1v) is 5.27. The molecule has 2 heterocycles. The van der Waals surface area contributed by atoms with Crippen LogP contribution in [0.3, 0.4) is 0 Å². The number of tetrazole rings is 1. The van der Waals surface area contributed by atoms with Crippen molar-refractivity contribution in [2.75, 3.05) is 13.1 Å². The summed E-state index contributed by atoms with van der Waals surface area (Å²) < 4.78 is 1.93. The fourth-order valence-electron chi connectivity index (χ4n) is 1.91. The fourth-order valence-corrected chi connectivity index (χ4v) is 1.91. The average molecular weight is 195 g/mol. The maximum Gasteiger partial charge on any atom is 0.155 e. The van der Waals surface area contributed by atoms with Gasteiger partial charge in [0.25, 0.3) is 0 Å². The lowest BCUT2D eigenvalue weighted by molar-refractivity contribution is 0.407. The van der Waals surface area contributed by atoms with Gasteiger partial charge in [0, 0.05) is 12.5 Å². The van der Waals surface area contributed by atoms with Gasteiger partial charge in [-0.05, 0) is 43.7 Å². The molecule has 1 aliphatic heterocycles. The number of nitrogens with zero attached hydrogens (tertiary/aromatic N) is 4. The van der Waals surface area contributed by atoms with Crippen LogP contribution in [0, 0.1) is 0 Å². The van der Waals surface area contributed by atoms with Crippen molar-refractivity contribution >= 4 is 0 Å². The summed E-state index contributed by atoms with van der Waals surface area (Å²) in [5, 5.41) is 15.3. The lowest BCUT2D eigenvalue weighted by Gasteiger charge is -2.22. The third kappa shape index (κ3) is 1.77. The van der Waals surface area contributed by atoms with Gasteiger partial charge in [0.15, 0.2) is 5.82 Å². The first-order chi connectivity index (χ1) is 6.79. The molecule has 0 aromatic carbocycles. The predicted molar refractivity (Wildman–Crippen MR) is 53.0 cm³/mol. The van der Waals surface area contributed by atoms with Crippen LogP contribution in [0.1, 0.15) is 44.5 Å². The minimum Gasteiger partial charge on any atom is -0.316 e. The molecule has 1 aromatic rings. The average Bonchev–Trinajstić information content (AvgIpc) is 2.67. The highest BCUT2D eigenvalue weighted by Gasteiger charge is 2.22. The molecule has 0 bridgehead atoms. The minimum absolute atomic E-state index is 0.349. The second-order valence-electron chi connectivity index (χ2n) is 4.12. The molecule has 78 valence electrons. The molecule has 1 aliphatic rings. The maximum atomic E-state index is 4.12. The Bertz CT molecular complexity index is 287. The standard InChI is InChI=1S/C9H17N5/c1-7(2)14-9(11-12-13-14)8-4-3-5-10-6-8/h7-8,10H,3-6H2,1-2H3. The molecule has 0 radical (unpaired) electrons. The van der Waals surface area contributed by atoms with E-state index < -0.39 is 0 Å². The van der Waals surface area contributed by atoms with Crippen molar-refractivity contribution < 1.29 is 0 Å². The van der Waals surface area contributed by atoms with E-state index in [1.807, 2.05) is 4.68 Å². The van der Waals surface area contributed by atoms with Gasteiger partial charge in [0.05, 0.1) is 6.04 Å². The van der Waals surface area contributed by atoms with Crippen LogP contribution in [0.4, 0.5) is 0 Å². The van der Waals surface area contributed by atoms with Gasteiger partial charge in [0.2, 0.25) is 0 Å². The minimum atomic E-state index is 0.349. The second-order valence-corrected chi connectivity index (χ2v) is 4.12. The summed E-state index contributed by atoms with van der Waals surface area (Å²) in [6.45, 7) is 6.35. The molecule has 0 saturated carbocycles. The van der Waals surface area contributed by atoms with Crippen molar-refractivity contribution in [3.8, 4) is 0 Å². The SMILES string of the molecule is CC(C)n1nnnc1C1CCCNC1. The van der Waals surface area contributed by atoms with Crippen LogP contribution in [0.2, 0.25) is 0 Å². The number of rotatable bonds is 2. The molecule has 1 fully saturated rings. The van der Waals surface area contributed by atoms with E-state index in [0.29, 0.717) is 12.0 Å². The van der Waals surface area contributed by atoms with E-state index in [-0.39, 0.29) is 0 Å². The zero-order chi connectivity index (χ0) is 9.97. The van der Waals surface area contributed by atoms with Crippen LogP contribution in [-0.2, 0) is 0 Å². The topological polar surface area (TPSA) is 55.6 Å². The summed E-state index contributed by atoms with van der Waals surface area (Å²) in [7, 11) is 0. The summed E-state index contributed by atoms with van der Waals surface area (Å²) in [4.78, 5) is 0. The molecule has 1 aromatic heterocycles. The normalized spacial score (nSPS) is 22.9. The van der Waals surface area contributed by atoms with E-state index in [1.165, 1.54) is 12.8 Å². The molecular weight excluding hydrogens is 178 g/mol. The van der Waals surface area contributed by atoms with Gasteiger partial charge in [-0.1, -0.05) is 0 Å². The van der Waals surface area contributed by atoms with Crippen molar-refractivity contribution in [3.63, 3.8) is 0 Å². The van der Waals surface area contributed by atoms with E-state index in [9.17, 15) is 0 Å². The summed E-state index contributed by atoms with van der Waals surface area (Å²) in [6.07, 6.45) is 2.41. The van der Waals surface area contributed by atoms with E-state index in [0.717, 1.165) is 18.9 Å². The highest BCUT2D eigenvalue weighted by atomic mass is 15.5. The van der Waals surface area contributed by atoms with E-state index >= 15 is 0 Å². The van der Waals surface area contributed by atoms with E-state index in [2.05, 4.69) is 34.7 Å². The van der Waals surface area contributed by atoms with Crippen LogP contribution < -0.4 is 5.32 Å². The monoisotopic (exact) mass is 195 g/mol. The summed E-state index contributed by atoms with van der Waals surface area (Å²) in [6, 6.07) is 0.349. The third-order valence-electron chi connectivity index (χ3n) is 2.67. The zero-order valence-electron chi connectivity index (χ0n) is 8.77. The molecule has 0 aliphatic carbocycles. The molecule has 0 amide bonds. The van der Waals surface area contributed by atoms with E-state index in [4.69, 9.17) is 0 Å². The summed E-state index contributed by atoms with van der Waals surface area (Å²) in [5.74, 6) is 1.52. The molecule has 2 rings (SSSR count). The first-order valence-electron chi connectivity index (χ1n) is 5.27. The Kier molecular flexibility index (Phi) is 2.77. The molecule has 5 heteroatoms. The smallest absolute Gasteiger partial charge is 0.155 e. The Balaban J connectivity index is 2.17. The van der Waals surface area contributed by atoms with Gasteiger partial charge >= 0.3 is 0 Å². The Morgan fingerprint density at radius 2 is 2.36 bits per heavy atom. The van der Waals surface area contributed by atoms with Crippen LogP contribution >= 0.6 is 0 Å². The zero-order valence-corrected chi connectivity index (χ0v) is 8.77. The number of hydrogen-bond acceptors (Lipinski definition) is 4. The fraction of sp³-hybridized carbons (Fsp3) is 0.889. The first kappa shape index (κ1) is 9.58. The highest BCUT2D eigenvalue weighted by molar-refractivity contribution is 4.97. The highest BCUT2D eigenvalue weighted by Crippen LogP contribution is 2.22. The Hall–Kier alpha value is -0.970. The van der Waals surface area contributed by atoms with Crippen molar-refractivity contribution in [3.05, 3.63) is 5.82 Å². The van der Waals surface area contributed by atoms with Crippen LogP contribution in [0.15, 0.2) is 0 Å².